The van der Waals surface area contributed by atoms with Crippen molar-refractivity contribution in [3.05, 3.63) is 23.8 Å². The zero-order valence-corrected chi connectivity index (χ0v) is 13.1. The summed E-state index contributed by atoms with van der Waals surface area (Å²) in [6.45, 7) is 3.24. The predicted molar refractivity (Wildman–Crippen MR) is 80.7 cm³/mol. The lowest BCUT2D eigenvalue weighted by Gasteiger charge is -2.13. The van der Waals surface area contributed by atoms with Crippen LogP contribution in [-0.4, -0.2) is 46.4 Å². The van der Waals surface area contributed by atoms with Crippen LogP contribution in [-0.2, 0) is 16.1 Å². The van der Waals surface area contributed by atoms with E-state index in [2.05, 4.69) is 10.6 Å². The molecular weight excluding hydrogens is 272 g/mol. The zero-order chi connectivity index (χ0) is 15.7. The number of nitrogens with one attached hydrogen (secondary N) is 2. The zero-order valence-electron chi connectivity index (χ0n) is 13.1. The SMILES string of the molecule is COCC(C)NCC(=O)NCc1ccc(OC)c(OC)c1. The van der Waals surface area contributed by atoms with Gasteiger partial charge in [0.1, 0.15) is 0 Å². The number of hydrogen-bond acceptors (Lipinski definition) is 5. The van der Waals surface area contributed by atoms with Crippen LogP contribution in [0.4, 0.5) is 0 Å². The third kappa shape index (κ3) is 6.01. The topological polar surface area (TPSA) is 68.8 Å². The van der Waals surface area contributed by atoms with Crippen molar-refractivity contribution in [3.8, 4) is 11.5 Å². The molecule has 6 heteroatoms. The molecule has 0 aliphatic carbocycles. The lowest BCUT2D eigenvalue weighted by atomic mass is 10.2. The van der Waals surface area contributed by atoms with E-state index in [0.29, 0.717) is 24.7 Å². The first-order chi connectivity index (χ1) is 10.1. The molecule has 0 heterocycles. The fourth-order valence-electron chi connectivity index (χ4n) is 1.83. The summed E-state index contributed by atoms with van der Waals surface area (Å²) in [6, 6.07) is 5.70. The minimum atomic E-state index is -0.0623. The maximum Gasteiger partial charge on any atom is 0.234 e. The van der Waals surface area contributed by atoms with Gasteiger partial charge in [-0.2, -0.15) is 0 Å². The van der Waals surface area contributed by atoms with Crippen LogP contribution in [0, 0.1) is 0 Å². The number of carbonyl (C=O) groups excluding carboxylic acids is 1. The molecule has 0 saturated carbocycles. The van der Waals surface area contributed by atoms with E-state index in [0.717, 1.165) is 5.56 Å². The fourth-order valence-corrected chi connectivity index (χ4v) is 1.83. The van der Waals surface area contributed by atoms with E-state index < -0.39 is 0 Å². The second-order valence-corrected chi connectivity index (χ2v) is 4.70. The molecule has 1 atom stereocenters. The van der Waals surface area contributed by atoms with Gasteiger partial charge in [-0.05, 0) is 24.6 Å². The number of benzene rings is 1. The van der Waals surface area contributed by atoms with Crippen molar-refractivity contribution in [2.24, 2.45) is 0 Å². The Bertz CT molecular complexity index is 451. The molecule has 2 N–H and O–H groups in total. The van der Waals surface area contributed by atoms with Crippen LogP contribution in [0.2, 0.25) is 0 Å². The van der Waals surface area contributed by atoms with Crippen molar-refractivity contribution in [2.75, 3.05) is 34.5 Å². The predicted octanol–water partition coefficient (Wildman–Crippen LogP) is 0.945. The smallest absolute Gasteiger partial charge is 0.234 e. The average Bonchev–Trinajstić information content (AvgIpc) is 2.50. The van der Waals surface area contributed by atoms with Gasteiger partial charge < -0.3 is 24.8 Å². The highest BCUT2D eigenvalue weighted by Crippen LogP contribution is 2.27. The maximum atomic E-state index is 11.7. The fraction of sp³-hybridized carbons (Fsp3) is 0.533. The highest BCUT2D eigenvalue weighted by molar-refractivity contribution is 5.78. The van der Waals surface area contributed by atoms with Crippen molar-refractivity contribution < 1.29 is 19.0 Å². The van der Waals surface area contributed by atoms with Crippen LogP contribution in [0.5, 0.6) is 11.5 Å². The van der Waals surface area contributed by atoms with Crippen molar-refractivity contribution in [3.63, 3.8) is 0 Å². The van der Waals surface area contributed by atoms with E-state index in [1.165, 1.54) is 0 Å². The Morgan fingerprint density at radius 1 is 1.19 bits per heavy atom. The molecule has 1 aromatic rings. The molecule has 1 rings (SSSR count). The van der Waals surface area contributed by atoms with E-state index in [-0.39, 0.29) is 18.5 Å². The van der Waals surface area contributed by atoms with Crippen LogP contribution in [0.1, 0.15) is 12.5 Å². The third-order valence-electron chi connectivity index (χ3n) is 2.97. The van der Waals surface area contributed by atoms with Crippen LogP contribution >= 0.6 is 0 Å². The number of carbonyl (C=O) groups is 1. The number of rotatable bonds is 9. The summed E-state index contributed by atoms with van der Waals surface area (Å²) >= 11 is 0. The second-order valence-electron chi connectivity index (χ2n) is 4.70. The first kappa shape index (κ1) is 17.3. The van der Waals surface area contributed by atoms with Gasteiger partial charge in [0.15, 0.2) is 11.5 Å². The molecule has 0 saturated heterocycles. The van der Waals surface area contributed by atoms with Gasteiger partial charge >= 0.3 is 0 Å². The molecule has 1 aromatic carbocycles. The third-order valence-corrected chi connectivity index (χ3v) is 2.97. The van der Waals surface area contributed by atoms with Gasteiger partial charge in [-0.15, -0.1) is 0 Å². The Morgan fingerprint density at radius 2 is 1.90 bits per heavy atom. The number of hydrogen-bond donors (Lipinski definition) is 2. The summed E-state index contributed by atoms with van der Waals surface area (Å²) in [5.41, 5.74) is 0.950. The highest BCUT2D eigenvalue weighted by atomic mass is 16.5. The molecular formula is C15H24N2O4. The monoisotopic (exact) mass is 296 g/mol. The summed E-state index contributed by atoms with van der Waals surface area (Å²) in [5.74, 6) is 1.26. The minimum Gasteiger partial charge on any atom is -0.493 e. The number of ether oxygens (including phenoxy) is 3. The summed E-state index contributed by atoms with van der Waals surface area (Å²) in [5, 5.41) is 5.93. The Balaban J connectivity index is 2.42. The van der Waals surface area contributed by atoms with Gasteiger partial charge in [0, 0.05) is 19.7 Å². The van der Waals surface area contributed by atoms with Crippen LogP contribution in [0.15, 0.2) is 18.2 Å². The Kier molecular flexibility index (Phi) is 7.56. The second kappa shape index (κ2) is 9.20. The first-order valence-electron chi connectivity index (χ1n) is 6.80. The van der Waals surface area contributed by atoms with Crippen molar-refractivity contribution in [1.82, 2.24) is 10.6 Å². The number of methoxy groups -OCH3 is 3. The van der Waals surface area contributed by atoms with Crippen molar-refractivity contribution >= 4 is 5.91 Å². The van der Waals surface area contributed by atoms with Crippen molar-refractivity contribution in [2.45, 2.75) is 19.5 Å². The van der Waals surface area contributed by atoms with Crippen molar-refractivity contribution in [1.29, 1.82) is 0 Å². The Morgan fingerprint density at radius 3 is 2.52 bits per heavy atom. The molecule has 21 heavy (non-hydrogen) atoms. The largest absolute Gasteiger partial charge is 0.493 e. The maximum absolute atomic E-state index is 11.7. The van der Waals surface area contributed by atoms with Gasteiger partial charge in [0.25, 0.3) is 0 Å². The molecule has 0 radical (unpaired) electrons. The minimum absolute atomic E-state index is 0.0623. The van der Waals surface area contributed by atoms with E-state index in [4.69, 9.17) is 14.2 Å². The molecule has 1 amide bonds. The summed E-state index contributed by atoms with van der Waals surface area (Å²) < 4.78 is 15.4. The van der Waals surface area contributed by atoms with Crippen LogP contribution in [0.25, 0.3) is 0 Å². The lowest BCUT2D eigenvalue weighted by molar-refractivity contribution is -0.120. The molecule has 6 nitrogen and oxygen atoms in total. The number of amides is 1. The van der Waals surface area contributed by atoms with Crippen LogP contribution in [0.3, 0.4) is 0 Å². The van der Waals surface area contributed by atoms with Gasteiger partial charge in [-0.3, -0.25) is 4.79 Å². The molecule has 0 bridgehead atoms. The standard InChI is InChI=1S/C15H24N2O4/c1-11(10-19-2)16-9-15(18)17-8-12-5-6-13(20-3)14(7-12)21-4/h5-7,11,16H,8-10H2,1-4H3,(H,17,18). The molecule has 0 spiro atoms. The Hall–Kier alpha value is -1.79. The Labute approximate surface area is 125 Å². The first-order valence-corrected chi connectivity index (χ1v) is 6.80. The summed E-state index contributed by atoms with van der Waals surface area (Å²) in [4.78, 5) is 11.7. The molecule has 118 valence electrons. The van der Waals surface area contributed by atoms with E-state index in [1.54, 1.807) is 21.3 Å². The van der Waals surface area contributed by atoms with Gasteiger partial charge in [0.2, 0.25) is 5.91 Å². The average molecular weight is 296 g/mol. The molecule has 0 fully saturated rings. The van der Waals surface area contributed by atoms with E-state index in [1.807, 2.05) is 25.1 Å². The molecule has 0 aromatic heterocycles. The lowest BCUT2D eigenvalue weighted by Crippen LogP contribution is -2.39. The summed E-state index contributed by atoms with van der Waals surface area (Å²) in [6.07, 6.45) is 0. The summed E-state index contributed by atoms with van der Waals surface area (Å²) in [7, 11) is 4.81. The molecule has 1 unspecified atom stereocenters. The molecule has 0 aliphatic rings. The van der Waals surface area contributed by atoms with Gasteiger partial charge in [0.05, 0.1) is 27.4 Å². The van der Waals surface area contributed by atoms with E-state index in [9.17, 15) is 4.79 Å². The normalized spacial score (nSPS) is 11.8. The molecule has 0 aliphatic heterocycles. The van der Waals surface area contributed by atoms with Crippen LogP contribution < -0.4 is 20.1 Å². The quantitative estimate of drug-likeness (QED) is 0.710. The highest BCUT2D eigenvalue weighted by Gasteiger charge is 2.07. The van der Waals surface area contributed by atoms with Gasteiger partial charge in [-0.25, -0.2) is 0 Å². The van der Waals surface area contributed by atoms with Gasteiger partial charge in [-0.1, -0.05) is 6.07 Å². The van der Waals surface area contributed by atoms with E-state index >= 15 is 0 Å².